The van der Waals surface area contributed by atoms with Gasteiger partial charge < -0.3 is 9.47 Å². The molecule has 3 rings (SSSR count). The number of halogens is 2. The lowest BCUT2D eigenvalue weighted by Crippen LogP contribution is -2.35. The maximum atomic E-state index is 12.0. The van der Waals surface area contributed by atoms with Gasteiger partial charge in [-0.25, -0.2) is 0 Å². The first-order chi connectivity index (χ1) is 12.5. The van der Waals surface area contributed by atoms with Crippen LogP contribution in [0.15, 0.2) is 42.5 Å². The van der Waals surface area contributed by atoms with Gasteiger partial charge in [0.15, 0.2) is 0 Å². The van der Waals surface area contributed by atoms with Gasteiger partial charge in [-0.1, -0.05) is 35.3 Å². The zero-order chi connectivity index (χ0) is 18.7. The molecule has 2 aromatic rings. The molecule has 1 aliphatic heterocycles. The summed E-state index contributed by atoms with van der Waals surface area (Å²) in [7, 11) is 0. The van der Waals surface area contributed by atoms with Crippen molar-refractivity contribution in [3.8, 4) is 5.75 Å². The Morgan fingerprint density at radius 3 is 2.58 bits per heavy atom. The second-order valence-electron chi connectivity index (χ2n) is 5.38. The summed E-state index contributed by atoms with van der Waals surface area (Å²) in [4.78, 5) is 36.9. The lowest BCUT2D eigenvalue weighted by Gasteiger charge is -2.15. The van der Waals surface area contributed by atoms with Gasteiger partial charge in [-0.2, -0.15) is 0 Å². The summed E-state index contributed by atoms with van der Waals surface area (Å²) in [6.45, 7) is -0.296. The van der Waals surface area contributed by atoms with Crippen LogP contribution in [0.25, 0.3) is 0 Å². The van der Waals surface area contributed by atoms with Gasteiger partial charge in [-0.15, -0.1) is 0 Å². The molecule has 26 heavy (non-hydrogen) atoms. The van der Waals surface area contributed by atoms with Gasteiger partial charge in [-0.05, 0) is 30.3 Å². The van der Waals surface area contributed by atoms with Crippen molar-refractivity contribution in [3.63, 3.8) is 0 Å². The molecule has 6 nitrogen and oxygen atoms in total. The highest BCUT2D eigenvalue weighted by Gasteiger charge is 2.36. The van der Waals surface area contributed by atoms with Crippen LogP contribution in [-0.2, 0) is 14.3 Å². The van der Waals surface area contributed by atoms with Crippen molar-refractivity contribution in [2.45, 2.75) is 0 Å². The molecule has 0 spiro atoms. The van der Waals surface area contributed by atoms with E-state index in [4.69, 9.17) is 32.7 Å². The summed E-state index contributed by atoms with van der Waals surface area (Å²) in [5.74, 6) is -1.60. The lowest BCUT2D eigenvalue weighted by atomic mass is 10.1. The Morgan fingerprint density at radius 1 is 1.04 bits per heavy atom. The van der Waals surface area contributed by atoms with E-state index in [2.05, 4.69) is 0 Å². The molecule has 0 aromatic heterocycles. The van der Waals surface area contributed by atoms with E-state index in [0.29, 0.717) is 21.5 Å². The minimum Gasteiger partial charge on any atom is -0.488 e. The number of esters is 1. The molecule has 0 aliphatic carbocycles. The van der Waals surface area contributed by atoms with E-state index < -0.39 is 17.7 Å². The first-order valence-corrected chi connectivity index (χ1v) is 8.41. The minimum absolute atomic E-state index is 0.0323. The highest BCUT2D eigenvalue weighted by atomic mass is 35.5. The molecule has 0 bridgehead atoms. The van der Waals surface area contributed by atoms with Crippen LogP contribution in [0.5, 0.6) is 5.75 Å². The van der Waals surface area contributed by atoms with Gasteiger partial charge in [0, 0.05) is 5.02 Å². The van der Waals surface area contributed by atoms with Crippen molar-refractivity contribution in [2.24, 2.45) is 0 Å². The fourth-order valence-corrected chi connectivity index (χ4v) is 2.94. The number of nitrogens with zero attached hydrogens (tertiary/aromatic N) is 1. The number of fused-ring (bicyclic) bond motifs is 1. The van der Waals surface area contributed by atoms with Crippen molar-refractivity contribution in [1.29, 1.82) is 0 Å². The topological polar surface area (TPSA) is 72.9 Å². The second kappa shape index (κ2) is 7.76. The number of ether oxygens (including phenoxy) is 2. The van der Waals surface area contributed by atoms with Crippen molar-refractivity contribution in [1.82, 2.24) is 0 Å². The Hall–Kier alpha value is -2.57. The number of anilines is 1. The molecule has 1 aliphatic rings. The van der Waals surface area contributed by atoms with E-state index in [0.717, 1.165) is 4.90 Å². The Morgan fingerprint density at radius 2 is 1.81 bits per heavy atom. The number of para-hydroxylation sites is 1. The van der Waals surface area contributed by atoms with Gasteiger partial charge in [0.05, 0.1) is 16.3 Å². The van der Waals surface area contributed by atoms with Crippen LogP contribution in [0.1, 0.15) is 10.4 Å². The summed E-state index contributed by atoms with van der Waals surface area (Å²) < 4.78 is 10.5. The molecule has 8 heteroatoms. The summed E-state index contributed by atoms with van der Waals surface area (Å²) >= 11 is 11.8. The molecular weight excluding hydrogens is 381 g/mol. The molecule has 1 heterocycles. The van der Waals surface area contributed by atoms with Crippen LogP contribution < -0.4 is 9.64 Å². The van der Waals surface area contributed by atoms with Crippen LogP contribution in [0.2, 0.25) is 10.0 Å². The lowest BCUT2D eigenvalue weighted by molar-refractivity contribution is -0.143. The number of benzene rings is 2. The highest BCUT2D eigenvalue weighted by Crippen LogP contribution is 2.28. The molecule has 0 saturated carbocycles. The summed E-state index contributed by atoms with van der Waals surface area (Å²) in [5.41, 5.74) is 0.689. The molecule has 0 N–H and O–H groups in total. The standard InChI is InChI=1S/C18H13Cl2NO5/c19-11-5-6-15(13(20)9-11)25-7-8-26-16(22)10-21-14-4-2-1-3-12(14)17(23)18(21)24/h1-6,9H,7-8,10H2. The monoisotopic (exact) mass is 393 g/mol. The summed E-state index contributed by atoms with van der Waals surface area (Å²) in [6, 6.07) is 11.3. The van der Waals surface area contributed by atoms with Crippen molar-refractivity contribution >= 4 is 46.5 Å². The average molecular weight is 394 g/mol. The number of Topliss-reactive ketones (excluding diaryl/α,β-unsaturated/α-hetero) is 1. The SMILES string of the molecule is O=C(CN1C(=O)C(=O)c2ccccc21)OCCOc1ccc(Cl)cc1Cl. The third-order valence-corrected chi connectivity index (χ3v) is 4.19. The van der Waals surface area contributed by atoms with Crippen molar-refractivity contribution in [3.05, 3.63) is 58.1 Å². The molecule has 0 radical (unpaired) electrons. The van der Waals surface area contributed by atoms with Crippen LogP contribution in [-0.4, -0.2) is 37.4 Å². The predicted molar refractivity (Wildman–Crippen MR) is 96.0 cm³/mol. The number of hydrogen-bond acceptors (Lipinski definition) is 5. The van der Waals surface area contributed by atoms with E-state index in [-0.39, 0.29) is 25.3 Å². The van der Waals surface area contributed by atoms with Crippen LogP contribution >= 0.6 is 23.2 Å². The molecule has 2 aromatic carbocycles. The predicted octanol–water partition coefficient (Wildman–Crippen LogP) is 3.14. The van der Waals surface area contributed by atoms with Crippen molar-refractivity contribution < 1.29 is 23.9 Å². The smallest absolute Gasteiger partial charge is 0.326 e. The second-order valence-corrected chi connectivity index (χ2v) is 6.22. The number of ketones is 1. The minimum atomic E-state index is -0.743. The Bertz CT molecular complexity index is 884. The molecule has 134 valence electrons. The van der Waals surface area contributed by atoms with Crippen LogP contribution in [0, 0.1) is 0 Å². The Labute approximate surface area is 159 Å². The highest BCUT2D eigenvalue weighted by molar-refractivity contribution is 6.52. The van der Waals surface area contributed by atoms with Crippen LogP contribution in [0.4, 0.5) is 5.69 Å². The number of rotatable bonds is 6. The molecule has 0 fully saturated rings. The largest absolute Gasteiger partial charge is 0.488 e. The average Bonchev–Trinajstić information content (AvgIpc) is 2.85. The van der Waals surface area contributed by atoms with E-state index in [1.54, 1.807) is 36.4 Å². The fraction of sp³-hybridized carbons (Fsp3) is 0.167. The number of hydrogen-bond donors (Lipinski definition) is 0. The summed E-state index contributed by atoms with van der Waals surface area (Å²) in [5, 5.41) is 0.834. The Balaban J connectivity index is 1.50. The Kier molecular flexibility index (Phi) is 5.44. The van der Waals surface area contributed by atoms with Gasteiger partial charge >= 0.3 is 5.97 Å². The van der Waals surface area contributed by atoms with E-state index in [1.807, 2.05) is 0 Å². The number of carbonyl (C=O) groups excluding carboxylic acids is 3. The number of amides is 1. The number of carbonyl (C=O) groups is 3. The first kappa shape index (κ1) is 18.2. The summed E-state index contributed by atoms with van der Waals surface area (Å²) in [6.07, 6.45) is 0. The first-order valence-electron chi connectivity index (χ1n) is 7.66. The van der Waals surface area contributed by atoms with E-state index >= 15 is 0 Å². The molecule has 0 unspecified atom stereocenters. The quantitative estimate of drug-likeness (QED) is 0.428. The van der Waals surface area contributed by atoms with Gasteiger partial charge in [0.25, 0.3) is 11.7 Å². The van der Waals surface area contributed by atoms with Crippen LogP contribution in [0.3, 0.4) is 0 Å². The molecule has 0 atom stereocenters. The normalized spacial score (nSPS) is 12.9. The maximum absolute atomic E-state index is 12.0. The van der Waals surface area contributed by atoms with Crippen molar-refractivity contribution in [2.75, 3.05) is 24.7 Å². The molecule has 0 saturated heterocycles. The van der Waals surface area contributed by atoms with E-state index in [1.165, 1.54) is 6.07 Å². The zero-order valence-corrected chi connectivity index (χ0v) is 14.9. The molecule has 1 amide bonds. The zero-order valence-electron chi connectivity index (χ0n) is 13.4. The van der Waals surface area contributed by atoms with Gasteiger partial charge in [0.2, 0.25) is 0 Å². The van der Waals surface area contributed by atoms with Gasteiger partial charge in [0.1, 0.15) is 25.5 Å². The maximum Gasteiger partial charge on any atom is 0.326 e. The third-order valence-electron chi connectivity index (χ3n) is 3.66. The molecular formula is C18H13Cl2NO5. The van der Waals surface area contributed by atoms with E-state index in [9.17, 15) is 14.4 Å². The fourth-order valence-electron chi connectivity index (χ4n) is 2.48. The van der Waals surface area contributed by atoms with Gasteiger partial charge in [-0.3, -0.25) is 19.3 Å². The third kappa shape index (κ3) is 3.81.